The number of hydrogen-bond donors (Lipinski definition) is 0. The molecule has 0 atom stereocenters. The van der Waals surface area contributed by atoms with Gasteiger partial charge in [0.05, 0.1) is 0 Å². The molecule has 0 heterocycles. The van der Waals surface area contributed by atoms with Gasteiger partial charge in [-0.3, -0.25) is 0 Å². The van der Waals surface area contributed by atoms with Crippen LogP contribution in [0.4, 0.5) is 0 Å². The van der Waals surface area contributed by atoms with Crippen LogP contribution in [0, 0.1) is 0 Å². The molecule has 178 valence electrons. The Balaban J connectivity index is 1.62. The van der Waals surface area contributed by atoms with Gasteiger partial charge in [0.15, 0.2) is 0 Å². The summed E-state index contributed by atoms with van der Waals surface area (Å²) in [5.74, 6) is 1.82. The van der Waals surface area contributed by atoms with Crippen LogP contribution in [-0.2, 0) is 0 Å². The molecular formula is C30H36N2O2. The first-order valence-corrected chi connectivity index (χ1v) is 11.7. The number of likely N-dealkylation sites (N-methyl/N-ethyl adjacent to an activating group) is 2. The van der Waals surface area contributed by atoms with Crippen LogP contribution in [0.5, 0.6) is 11.5 Å². The number of para-hydroxylation sites is 2. The average molecular weight is 457 g/mol. The first-order valence-electron chi connectivity index (χ1n) is 11.7. The Hall–Kier alpha value is -3.34. The fraction of sp³-hybridized carbons (Fsp3) is 0.267. The molecule has 0 aliphatic carbocycles. The normalized spacial score (nSPS) is 11.7. The zero-order chi connectivity index (χ0) is 24.2. The van der Waals surface area contributed by atoms with Gasteiger partial charge in [0, 0.05) is 24.2 Å². The summed E-state index contributed by atoms with van der Waals surface area (Å²) in [4.78, 5) is 4.23. The first-order chi connectivity index (χ1) is 16.5. The van der Waals surface area contributed by atoms with Gasteiger partial charge >= 0.3 is 0 Å². The lowest BCUT2D eigenvalue weighted by Crippen LogP contribution is -2.19. The van der Waals surface area contributed by atoms with Crippen molar-refractivity contribution in [1.82, 2.24) is 9.80 Å². The summed E-state index contributed by atoms with van der Waals surface area (Å²) < 4.78 is 11.9. The van der Waals surface area contributed by atoms with Crippen LogP contribution in [0.1, 0.15) is 22.3 Å². The Morgan fingerprint density at radius 1 is 0.529 bits per heavy atom. The lowest BCUT2D eigenvalue weighted by Gasteiger charge is -2.12. The van der Waals surface area contributed by atoms with Gasteiger partial charge in [-0.05, 0) is 51.5 Å². The molecule has 0 unspecified atom stereocenters. The van der Waals surface area contributed by atoms with E-state index in [1.165, 1.54) is 0 Å². The first kappa shape index (κ1) is 25.3. The van der Waals surface area contributed by atoms with Crippen LogP contribution in [0.25, 0.3) is 24.3 Å². The van der Waals surface area contributed by atoms with E-state index in [4.69, 9.17) is 9.47 Å². The third-order valence-electron chi connectivity index (χ3n) is 5.28. The number of benzene rings is 3. The highest BCUT2D eigenvalue weighted by atomic mass is 16.5. The molecule has 4 nitrogen and oxygen atoms in total. The molecule has 0 radical (unpaired) electrons. The van der Waals surface area contributed by atoms with Gasteiger partial charge in [0.2, 0.25) is 0 Å². The highest BCUT2D eigenvalue weighted by Crippen LogP contribution is 2.22. The third kappa shape index (κ3) is 8.54. The lowest BCUT2D eigenvalue weighted by molar-refractivity contribution is 0.261. The molecule has 0 aliphatic rings. The maximum atomic E-state index is 5.96. The predicted molar refractivity (Wildman–Crippen MR) is 145 cm³/mol. The molecule has 3 rings (SSSR count). The molecule has 0 saturated carbocycles. The third-order valence-corrected chi connectivity index (χ3v) is 5.28. The van der Waals surface area contributed by atoms with Crippen molar-refractivity contribution in [2.24, 2.45) is 0 Å². The zero-order valence-electron chi connectivity index (χ0n) is 20.8. The molecule has 0 saturated heterocycles. The maximum Gasteiger partial charge on any atom is 0.126 e. The molecule has 3 aromatic carbocycles. The van der Waals surface area contributed by atoms with Crippen molar-refractivity contribution in [3.05, 3.63) is 95.1 Å². The Morgan fingerprint density at radius 2 is 0.912 bits per heavy atom. The standard InChI is InChI=1S/C30H36N2O2/c1-31(2)21-23-33-29-11-7-5-9-27(29)19-17-25-13-15-26(16-14-25)18-20-28-10-6-8-12-30(28)34-24-22-32(3)4/h5-20H,21-24H2,1-4H3/b19-17+,20-18+. The van der Waals surface area contributed by atoms with Crippen molar-refractivity contribution in [2.45, 2.75) is 0 Å². The van der Waals surface area contributed by atoms with E-state index < -0.39 is 0 Å². The molecule has 4 heteroatoms. The van der Waals surface area contributed by atoms with Crippen molar-refractivity contribution in [3.8, 4) is 11.5 Å². The summed E-state index contributed by atoms with van der Waals surface area (Å²) in [6.45, 7) is 3.12. The highest BCUT2D eigenvalue weighted by molar-refractivity contribution is 5.75. The zero-order valence-corrected chi connectivity index (χ0v) is 20.8. The highest BCUT2D eigenvalue weighted by Gasteiger charge is 2.02. The van der Waals surface area contributed by atoms with Crippen molar-refractivity contribution in [1.29, 1.82) is 0 Å². The number of nitrogens with zero attached hydrogens (tertiary/aromatic N) is 2. The molecular weight excluding hydrogens is 420 g/mol. The Kier molecular flexibility index (Phi) is 9.96. The molecule has 0 N–H and O–H groups in total. The smallest absolute Gasteiger partial charge is 0.126 e. The van der Waals surface area contributed by atoms with E-state index in [9.17, 15) is 0 Å². The van der Waals surface area contributed by atoms with E-state index in [-0.39, 0.29) is 0 Å². The number of ether oxygens (including phenoxy) is 2. The molecule has 0 spiro atoms. The van der Waals surface area contributed by atoms with Crippen LogP contribution < -0.4 is 9.47 Å². The SMILES string of the molecule is CN(C)CCOc1ccccc1/C=C/c1ccc(/C=C/c2ccccc2OCCN(C)C)cc1. The lowest BCUT2D eigenvalue weighted by atomic mass is 10.1. The quantitative estimate of drug-likeness (QED) is 0.316. The minimum absolute atomic E-state index is 0.669. The summed E-state index contributed by atoms with van der Waals surface area (Å²) >= 11 is 0. The Labute approximate surface area is 204 Å². The molecule has 3 aromatic rings. The summed E-state index contributed by atoms with van der Waals surface area (Å²) in [5.41, 5.74) is 4.45. The van der Waals surface area contributed by atoms with Crippen LogP contribution in [0.15, 0.2) is 72.8 Å². The molecule has 0 aliphatic heterocycles. The van der Waals surface area contributed by atoms with Crippen LogP contribution in [-0.4, -0.2) is 64.3 Å². The topological polar surface area (TPSA) is 24.9 Å². The monoisotopic (exact) mass is 456 g/mol. The number of rotatable bonds is 12. The van der Waals surface area contributed by atoms with Crippen molar-refractivity contribution in [2.75, 3.05) is 54.5 Å². The van der Waals surface area contributed by atoms with Crippen LogP contribution >= 0.6 is 0 Å². The predicted octanol–water partition coefficient (Wildman–Crippen LogP) is 5.91. The molecule has 34 heavy (non-hydrogen) atoms. The fourth-order valence-corrected chi connectivity index (χ4v) is 3.27. The minimum Gasteiger partial charge on any atom is -0.492 e. The van der Waals surface area contributed by atoms with Crippen molar-refractivity contribution < 1.29 is 9.47 Å². The summed E-state index contributed by atoms with van der Waals surface area (Å²) in [6.07, 6.45) is 8.46. The second-order valence-electron chi connectivity index (χ2n) is 8.71. The van der Waals surface area contributed by atoms with Crippen LogP contribution in [0.3, 0.4) is 0 Å². The van der Waals surface area contributed by atoms with Gasteiger partial charge in [-0.15, -0.1) is 0 Å². The van der Waals surface area contributed by atoms with Gasteiger partial charge in [-0.1, -0.05) is 85.0 Å². The van der Waals surface area contributed by atoms with Crippen LogP contribution in [0.2, 0.25) is 0 Å². The second kappa shape index (κ2) is 13.4. The summed E-state index contributed by atoms with van der Waals surface area (Å²) in [5, 5.41) is 0. The van der Waals surface area contributed by atoms with Crippen molar-refractivity contribution >= 4 is 24.3 Å². The maximum absolute atomic E-state index is 5.96. The van der Waals surface area contributed by atoms with E-state index in [2.05, 4.69) is 70.5 Å². The molecule has 0 fully saturated rings. The van der Waals surface area contributed by atoms with E-state index in [0.717, 1.165) is 46.8 Å². The summed E-state index contributed by atoms with van der Waals surface area (Å²) in [6, 6.07) is 24.8. The fourth-order valence-electron chi connectivity index (χ4n) is 3.27. The van der Waals surface area contributed by atoms with Gasteiger partial charge < -0.3 is 19.3 Å². The van der Waals surface area contributed by atoms with Gasteiger partial charge in [-0.2, -0.15) is 0 Å². The Morgan fingerprint density at radius 3 is 1.29 bits per heavy atom. The molecule has 0 aromatic heterocycles. The minimum atomic E-state index is 0.669. The van der Waals surface area contributed by atoms with E-state index in [1.807, 2.05) is 64.6 Å². The van der Waals surface area contributed by atoms with Gasteiger partial charge in [0.1, 0.15) is 24.7 Å². The average Bonchev–Trinajstić information content (AvgIpc) is 2.83. The largest absolute Gasteiger partial charge is 0.492 e. The van der Waals surface area contributed by atoms with Gasteiger partial charge in [0.25, 0.3) is 0 Å². The second-order valence-corrected chi connectivity index (χ2v) is 8.71. The summed E-state index contributed by atoms with van der Waals surface area (Å²) in [7, 11) is 8.19. The Bertz CT molecular complexity index is 983. The number of hydrogen-bond acceptors (Lipinski definition) is 4. The molecule has 0 amide bonds. The van der Waals surface area contributed by atoms with E-state index in [1.54, 1.807) is 0 Å². The van der Waals surface area contributed by atoms with Crippen molar-refractivity contribution in [3.63, 3.8) is 0 Å². The van der Waals surface area contributed by atoms with E-state index >= 15 is 0 Å². The van der Waals surface area contributed by atoms with Gasteiger partial charge in [-0.25, -0.2) is 0 Å². The van der Waals surface area contributed by atoms with E-state index in [0.29, 0.717) is 13.2 Å². The molecule has 0 bridgehead atoms.